The number of piperazine rings is 1. The summed E-state index contributed by atoms with van der Waals surface area (Å²) in [6, 6.07) is 9.84. The minimum atomic E-state index is 0.546. The van der Waals surface area contributed by atoms with Crippen molar-refractivity contribution in [1.82, 2.24) is 5.32 Å². The number of benzene rings is 1. The van der Waals surface area contributed by atoms with Crippen LogP contribution < -0.4 is 15.1 Å². The first-order valence-electron chi connectivity index (χ1n) is 7.27. The summed E-state index contributed by atoms with van der Waals surface area (Å²) in [5.74, 6) is 0.648. The molecule has 1 aliphatic rings. The van der Waals surface area contributed by atoms with Crippen LogP contribution in [0.4, 0.5) is 11.4 Å². The number of nitrogens with one attached hydrogen (secondary N) is 1. The van der Waals surface area contributed by atoms with Gasteiger partial charge in [-0.15, -0.1) is 0 Å². The monoisotopic (exact) mass is 261 g/mol. The van der Waals surface area contributed by atoms with Crippen LogP contribution in [0.2, 0.25) is 0 Å². The Bertz CT molecular complexity index is 414. The summed E-state index contributed by atoms with van der Waals surface area (Å²) in [6.45, 7) is 9.04. The Morgan fingerprint density at radius 2 is 1.95 bits per heavy atom. The van der Waals surface area contributed by atoms with Crippen LogP contribution in [0.1, 0.15) is 20.8 Å². The van der Waals surface area contributed by atoms with Crippen molar-refractivity contribution in [1.29, 1.82) is 0 Å². The van der Waals surface area contributed by atoms with E-state index >= 15 is 0 Å². The maximum atomic E-state index is 3.61. The molecule has 19 heavy (non-hydrogen) atoms. The predicted octanol–water partition coefficient (Wildman–Crippen LogP) is 2.58. The van der Waals surface area contributed by atoms with Gasteiger partial charge in [-0.3, -0.25) is 0 Å². The van der Waals surface area contributed by atoms with Gasteiger partial charge in [-0.2, -0.15) is 0 Å². The Hall–Kier alpha value is -1.22. The van der Waals surface area contributed by atoms with E-state index in [0.29, 0.717) is 18.0 Å². The average Bonchev–Trinajstić information content (AvgIpc) is 2.38. The van der Waals surface area contributed by atoms with E-state index in [2.05, 4.69) is 74.2 Å². The van der Waals surface area contributed by atoms with Gasteiger partial charge in [-0.05, 0) is 25.0 Å². The minimum Gasteiger partial charge on any atom is -0.376 e. The molecular weight excluding hydrogens is 234 g/mol. The molecule has 1 fully saturated rings. The number of anilines is 2. The second kappa shape index (κ2) is 5.83. The van der Waals surface area contributed by atoms with Gasteiger partial charge in [0.25, 0.3) is 0 Å². The molecule has 2 atom stereocenters. The van der Waals surface area contributed by atoms with E-state index in [0.717, 1.165) is 13.1 Å². The Labute approximate surface area is 117 Å². The molecule has 0 saturated carbocycles. The van der Waals surface area contributed by atoms with E-state index in [-0.39, 0.29) is 0 Å². The van der Waals surface area contributed by atoms with Crippen LogP contribution in [0.3, 0.4) is 0 Å². The molecule has 1 aliphatic heterocycles. The predicted molar refractivity (Wildman–Crippen MR) is 84.2 cm³/mol. The molecule has 3 heteroatoms. The minimum absolute atomic E-state index is 0.546. The number of rotatable bonds is 3. The molecule has 1 aromatic carbocycles. The molecule has 3 nitrogen and oxygen atoms in total. The second-order valence-corrected chi connectivity index (χ2v) is 6.16. The van der Waals surface area contributed by atoms with E-state index in [1.54, 1.807) is 0 Å². The van der Waals surface area contributed by atoms with Crippen molar-refractivity contribution in [3.05, 3.63) is 24.3 Å². The summed E-state index contributed by atoms with van der Waals surface area (Å²) >= 11 is 0. The van der Waals surface area contributed by atoms with Crippen LogP contribution in [0.15, 0.2) is 24.3 Å². The topological polar surface area (TPSA) is 18.5 Å². The highest BCUT2D eigenvalue weighted by Crippen LogP contribution is 2.32. The number of hydrogen-bond acceptors (Lipinski definition) is 3. The van der Waals surface area contributed by atoms with Crippen LogP contribution >= 0.6 is 0 Å². The average molecular weight is 261 g/mol. The first-order chi connectivity index (χ1) is 9.00. The summed E-state index contributed by atoms with van der Waals surface area (Å²) in [5, 5.41) is 3.61. The van der Waals surface area contributed by atoms with Gasteiger partial charge >= 0.3 is 0 Å². The van der Waals surface area contributed by atoms with Crippen molar-refractivity contribution in [2.75, 3.05) is 37.0 Å². The van der Waals surface area contributed by atoms with E-state index in [4.69, 9.17) is 0 Å². The molecule has 1 saturated heterocycles. The molecule has 2 rings (SSSR count). The van der Waals surface area contributed by atoms with Gasteiger partial charge in [0.1, 0.15) is 0 Å². The van der Waals surface area contributed by atoms with Crippen LogP contribution in [-0.4, -0.2) is 39.3 Å². The third-order valence-electron chi connectivity index (χ3n) is 3.99. The van der Waals surface area contributed by atoms with Crippen molar-refractivity contribution in [2.45, 2.75) is 32.9 Å². The van der Waals surface area contributed by atoms with Crippen molar-refractivity contribution in [2.24, 2.45) is 5.92 Å². The molecule has 0 spiro atoms. The standard InChI is InChI=1S/C16H27N3/c1-12(2)16-10-17-13(3)11-19(16)15-9-7-6-8-14(15)18(4)5/h6-9,12-13,16-17H,10-11H2,1-5H3. The van der Waals surface area contributed by atoms with Crippen molar-refractivity contribution in [3.63, 3.8) is 0 Å². The van der Waals surface area contributed by atoms with Crippen LogP contribution in [-0.2, 0) is 0 Å². The summed E-state index contributed by atoms with van der Waals surface area (Å²) < 4.78 is 0. The highest BCUT2D eigenvalue weighted by Gasteiger charge is 2.29. The van der Waals surface area contributed by atoms with E-state index in [1.807, 2.05) is 0 Å². The third kappa shape index (κ3) is 3.03. The molecule has 0 amide bonds. The molecule has 0 radical (unpaired) electrons. The summed E-state index contributed by atoms with van der Waals surface area (Å²) in [6.07, 6.45) is 0. The largest absolute Gasteiger partial charge is 0.376 e. The molecular formula is C16H27N3. The zero-order valence-corrected chi connectivity index (χ0v) is 12.9. The van der Waals surface area contributed by atoms with Gasteiger partial charge in [0.15, 0.2) is 0 Å². The van der Waals surface area contributed by atoms with Crippen LogP contribution in [0, 0.1) is 5.92 Å². The van der Waals surface area contributed by atoms with E-state index < -0.39 is 0 Å². The molecule has 0 aromatic heterocycles. The normalized spacial score (nSPS) is 23.8. The van der Waals surface area contributed by atoms with Crippen molar-refractivity contribution < 1.29 is 0 Å². The van der Waals surface area contributed by atoms with Crippen LogP contribution in [0.5, 0.6) is 0 Å². The van der Waals surface area contributed by atoms with Gasteiger partial charge in [0.05, 0.1) is 11.4 Å². The van der Waals surface area contributed by atoms with Crippen molar-refractivity contribution >= 4 is 11.4 Å². The molecule has 106 valence electrons. The molecule has 1 N–H and O–H groups in total. The van der Waals surface area contributed by atoms with Crippen molar-refractivity contribution in [3.8, 4) is 0 Å². The lowest BCUT2D eigenvalue weighted by atomic mass is 9.97. The maximum absolute atomic E-state index is 3.61. The highest BCUT2D eigenvalue weighted by molar-refractivity contribution is 5.71. The molecule has 1 heterocycles. The Morgan fingerprint density at radius 1 is 1.26 bits per heavy atom. The fourth-order valence-electron chi connectivity index (χ4n) is 2.88. The van der Waals surface area contributed by atoms with Crippen LogP contribution in [0.25, 0.3) is 0 Å². The molecule has 0 aliphatic carbocycles. The first kappa shape index (κ1) is 14.2. The lowest BCUT2D eigenvalue weighted by molar-refractivity contribution is 0.349. The second-order valence-electron chi connectivity index (χ2n) is 6.16. The smallest absolute Gasteiger partial charge is 0.0607 e. The zero-order valence-electron chi connectivity index (χ0n) is 12.9. The first-order valence-corrected chi connectivity index (χ1v) is 7.27. The molecule has 0 bridgehead atoms. The maximum Gasteiger partial charge on any atom is 0.0607 e. The van der Waals surface area contributed by atoms with E-state index in [9.17, 15) is 0 Å². The Balaban J connectivity index is 2.36. The van der Waals surface area contributed by atoms with Gasteiger partial charge in [-0.1, -0.05) is 26.0 Å². The fraction of sp³-hybridized carbons (Fsp3) is 0.625. The third-order valence-corrected chi connectivity index (χ3v) is 3.99. The number of nitrogens with zero attached hydrogens (tertiary/aromatic N) is 2. The Kier molecular flexibility index (Phi) is 4.35. The highest BCUT2D eigenvalue weighted by atomic mass is 15.3. The number of para-hydroxylation sites is 2. The summed E-state index contributed by atoms with van der Waals surface area (Å²) in [7, 11) is 4.24. The van der Waals surface area contributed by atoms with E-state index in [1.165, 1.54) is 11.4 Å². The lowest BCUT2D eigenvalue weighted by Gasteiger charge is -2.44. The fourth-order valence-corrected chi connectivity index (χ4v) is 2.88. The van der Waals surface area contributed by atoms with Gasteiger partial charge in [-0.25, -0.2) is 0 Å². The van der Waals surface area contributed by atoms with Gasteiger partial charge in [0.2, 0.25) is 0 Å². The Morgan fingerprint density at radius 3 is 2.58 bits per heavy atom. The quantitative estimate of drug-likeness (QED) is 0.902. The number of hydrogen-bond donors (Lipinski definition) is 1. The summed E-state index contributed by atoms with van der Waals surface area (Å²) in [5.41, 5.74) is 2.67. The molecule has 2 unspecified atom stereocenters. The molecule has 1 aromatic rings. The van der Waals surface area contributed by atoms with Gasteiger partial charge in [0, 0.05) is 39.3 Å². The SMILES string of the molecule is CC1CN(c2ccccc2N(C)C)C(C(C)C)CN1. The van der Waals surface area contributed by atoms with Gasteiger partial charge < -0.3 is 15.1 Å². The summed E-state index contributed by atoms with van der Waals surface area (Å²) in [4.78, 5) is 4.79. The zero-order chi connectivity index (χ0) is 14.0. The lowest BCUT2D eigenvalue weighted by Crippen LogP contribution is -2.57.